The Balaban J connectivity index is 1.22. The first-order chi connectivity index (χ1) is 26.5. The SMILES string of the molecule is OC[C@H]1O[C@H](O[C@H]2[C@H](O)[C@@H](O)[C@@H](O[C@H]3[C@H](O)[C@@H](O)[C@@H](O[C@H]4[C@H](O)[C@@H](O)[C@@H](O[C@H]5[C@H](O)[C@@H](O)C(O)O[C@@H]5CO)O[C@@H]4CO)O[C@@H]3CO)O[C@@H]2CO)[C@H](O)[C@@H](O)[C@@H]1O. The number of aliphatic hydroxyl groups is 17. The Bertz CT molecular complexity index is 1200. The molecule has 5 aliphatic rings. The van der Waals surface area contributed by atoms with Crippen molar-refractivity contribution in [2.45, 2.75) is 154 Å². The van der Waals surface area contributed by atoms with Crippen molar-refractivity contribution in [1.29, 1.82) is 0 Å². The summed E-state index contributed by atoms with van der Waals surface area (Å²) < 4.78 is 49.1. The molecule has 25 atom stereocenters. The van der Waals surface area contributed by atoms with Gasteiger partial charge in [-0.15, -0.1) is 0 Å². The lowest BCUT2D eigenvalue weighted by atomic mass is 9.95. The highest BCUT2D eigenvalue weighted by Gasteiger charge is 2.56. The summed E-state index contributed by atoms with van der Waals surface area (Å²) in [6.07, 6.45) is -45.8. The van der Waals surface area contributed by atoms with E-state index in [4.69, 9.17) is 42.6 Å². The number of rotatable bonds is 13. The van der Waals surface area contributed by atoms with Crippen molar-refractivity contribution < 1.29 is 129 Å². The van der Waals surface area contributed by atoms with Gasteiger partial charge < -0.3 is 129 Å². The predicted molar refractivity (Wildman–Crippen MR) is 167 cm³/mol. The number of hydrogen-bond donors (Lipinski definition) is 17. The van der Waals surface area contributed by atoms with Gasteiger partial charge in [0.05, 0.1) is 33.0 Å². The number of hydrogen-bond acceptors (Lipinski definition) is 26. The minimum atomic E-state index is -2.12. The lowest BCUT2D eigenvalue weighted by Gasteiger charge is -2.49. The molecule has 5 saturated heterocycles. The molecule has 17 N–H and O–H groups in total. The summed E-state index contributed by atoms with van der Waals surface area (Å²) in [6, 6.07) is 0. The van der Waals surface area contributed by atoms with Gasteiger partial charge in [-0.3, -0.25) is 0 Å². The molecule has 0 aromatic heterocycles. The molecule has 5 heterocycles. The average Bonchev–Trinajstić information content (AvgIpc) is 3.19. The average molecular weight is 829 g/mol. The standard InChI is InChI=1S/C30H52O26/c31-1-6-11(36)12(37)18(43)27(49-6)54-23-8(3-33)51-29(20(45)14(23)39)56-25-10(5-35)52-30(21(46)16(25)41)55-24-9(4-34)50-28(19(44)15(24)40)53-22-7(2-32)48-26(47)17(42)13(22)38/h6-47H,1-5H2/t6-,7-,8-,9-,10-,11-,12+,13-,14-,15-,16-,17-,18-,19-,20-,21-,22-,23-,24-,25-,26?,27-,28-,29-,30-/m1/s1. The molecule has 5 aliphatic heterocycles. The topological polar surface area (TPSA) is 427 Å². The minimum absolute atomic E-state index is 0.811. The van der Waals surface area contributed by atoms with Gasteiger partial charge in [0, 0.05) is 0 Å². The summed E-state index contributed by atoms with van der Waals surface area (Å²) in [7, 11) is 0. The van der Waals surface area contributed by atoms with E-state index < -0.39 is 187 Å². The lowest BCUT2D eigenvalue weighted by Crippen LogP contribution is -2.68. The van der Waals surface area contributed by atoms with Gasteiger partial charge in [-0.2, -0.15) is 0 Å². The van der Waals surface area contributed by atoms with Crippen LogP contribution in [0.3, 0.4) is 0 Å². The fraction of sp³-hybridized carbons (Fsp3) is 1.00. The molecule has 0 amide bonds. The smallest absolute Gasteiger partial charge is 0.187 e. The van der Waals surface area contributed by atoms with Gasteiger partial charge in [0.1, 0.15) is 122 Å². The monoisotopic (exact) mass is 828 g/mol. The van der Waals surface area contributed by atoms with Gasteiger partial charge in [0.25, 0.3) is 0 Å². The molecule has 0 aliphatic carbocycles. The number of aliphatic hydroxyl groups excluding tert-OH is 17. The molecule has 26 heteroatoms. The first-order valence-electron chi connectivity index (χ1n) is 17.6. The van der Waals surface area contributed by atoms with Crippen molar-refractivity contribution in [3.63, 3.8) is 0 Å². The summed E-state index contributed by atoms with van der Waals surface area (Å²) >= 11 is 0. The molecule has 0 aromatic rings. The van der Waals surface area contributed by atoms with Crippen molar-refractivity contribution >= 4 is 0 Å². The van der Waals surface area contributed by atoms with Crippen LogP contribution in [0.1, 0.15) is 0 Å². The van der Waals surface area contributed by atoms with E-state index in [-0.39, 0.29) is 0 Å². The first kappa shape index (κ1) is 46.0. The zero-order valence-electron chi connectivity index (χ0n) is 29.2. The Morgan fingerprint density at radius 1 is 0.268 bits per heavy atom. The van der Waals surface area contributed by atoms with E-state index in [1.807, 2.05) is 0 Å². The largest absolute Gasteiger partial charge is 0.394 e. The quantitative estimate of drug-likeness (QED) is 0.0819. The maximum Gasteiger partial charge on any atom is 0.187 e. The molecule has 0 saturated carbocycles. The zero-order chi connectivity index (χ0) is 41.3. The summed E-state index contributed by atoms with van der Waals surface area (Å²) in [6.45, 7) is -4.51. The maximum atomic E-state index is 11.1. The van der Waals surface area contributed by atoms with E-state index in [1.54, 1.807) is 0 Å². The normalized spacial score (nSPS) is 53.2. The van der Waals surface area contributed by atoms with Crippen LogP contribution < -0.4 is 0 Å². The van der Waals surface area contributed by atoms with Gasteiger partial charge in [-0.1, -0.05) is 0 Å². The molecule has 56 heavy (non-hydrogen) atoms. The maximum absolute atomic E-state index is 11.1. The van der Waals surface area contributed by atoms with E-state index >= 15 is 0 Å². The highest BCUT2D eigenvalue weighted by atomic mass is 16.8. The lowest BCUT2D eigenvalue weighted by molar-refractivity contribution is -0.392. The van der Waals surface area contributed by atoms with Crippen LogP contribution in [0, 0.1) is 0 Å². The second kappa shape index (κ2) is 19.6. The van der Waals surface area contributed by atoms with Gasteiger partial charge in [0.2, 0.25) is 0 Å². The predicted octanol–water partition coefficient (Wildman–Crippen LogP) is -11.9. The van der Waals surface area contributed by atoms with E-state index in [1.165, 1.54) is 0 Å². The van der Waals surface area contributed by atoms with Gasteiger partial charge in [0.15, 0.2) is 31.5 Å². The molecule has 0 aromatic carbocycles. The molecule has 0 bridgehead atoms. The van der Waals surface area contributed by atoms with Crippen LogP contribution in [0.15, 0.2) is 0 Å². The molecular weight excluding hydrogens is 776 g/mol. The van der Waals surface area contributed by atoms with E-state index in [0.717, 1.165) is 0 Å². The molecule has 1 unspecified atom stereocenters. The molecule has 5 rings (SSSR count). The van der Waals surface area contributed by atoms with E-state index in [0.29, 0.717) is 0 Å². The van der Waals surface area contributed by atoms with E-state index in [9.17, 15) is 86.8 Å². The third-order valence-corrected chi connectivity index (χ3v) is 10.3. The Hall–Kier alpha value is -1.04. The third-order valence-electron chi connectivity index (χ3n) is 10.3. The Kier molecular flexibility index (Phi) is 16.1. The van der Waals surface area contributed by atoms with Crippen LogP contribution in [-0.4, -0.2) is 273 Å². The van der Waals surface area contributed by atoms with Crippen LogP contribution in [-0.2, 0) is 42.6 Å². The third kappa shape index (κ3) is 9.16. The van der Waals surface area contributed by atoms with E-state index in [2.05, 4.69) is 0 Å². The molecule has 0 spiro atoms. The second-order valence-corrected chi connectivity index (χ2v) is 13.9. The summed E-state index contributed by atoms with van der Waals surface area (Å²) in [5.41, 5.74) is 0. The highest BCUT2D eigenvalue weighted by molar-refractivity contribution is 4.99. The van der Waals surface area contributed by atoms with Crippen LogP contribution in [0.25, 0.3) is 0 Å². The summed E-state index contributed by atoms with van der Waals surface area (Å²) in [4.78, 5) is 0. The Labute approximate surface area is 316 Å². The second-order valence-electron chi connectivity index (χ2n) is 13.9. The fourth-order valence-corrected chi connectivity index (χ4v) is 7.03. The Morgan fingerprint density at radius 3 is 0.821 bits per heavy atom. The molecule has 5 fully saturated rings. The van der Waals surface area contributed by atoms with Crippen molar-refractivity contribution in [2.24, 2.45) is 0 Å². The highest BCUT2D eigenvalue weighted by Crippen LogP contribution is 2.35. The molecule has 328 valence electrons. The zero-order valence-corrected chi connectivity index (χ0v) is 29.2. The van der Waals surface area contributed by atoms with Crippen molar-refractivity contribution in [1.82, 2.24) is 0 Å². The van der Waals surface area contributed by atoms with Crippen molar-refractivity contribution in [3.8, 4) is 0 Å². The Morgan fingerprint density at radius 2 is 0.518 bits per heavy atom. The minimum Gasteiger partial charge on any atom is -0.394 e. The molecule has 26 nitrogen and oxygen atoms in total. The summed E-state index contributed by atoms with van der Waals surface area (Å²) in [5.74, 6) is 0. The van der Waals surface area contributed by atoms with Gasteiger partial charge in [-0.05, 0) is 0 Å². The van der Waals surface area contributed by atoms with Crippen molar-refractivity contribution in [3.05, 3.63) is 0 Å². The van der Waals surface area contributed by atoms with Gasteiger partial charge >= 0.3 is 0 Å². The van der Waals surface area contributed by atoms with Gasteiger partial charge in [-0.25, -0.2) is 0 Å². The first-order valence-corrected chi connectivity index (χ1v) is 17.6. The van der Waals surface area contributed by atoms with Crippen LogP contribution in [0.2, 0.25) is 0 Å². The van der Waals surface area contributed by atoms with Crippen LogP contribution in [0.5, 0.6) is 0 Å². The summed E-state index contributed by atoms with van der Waals surface area (Å²) in [5, 5.41) is 176. The van der Waals surface area contributed by atoms with Crippen LogP contribution >= 0.6 is 0 Å². The molecule has 0 radical (unpaired) electrons. The van der Waals surface area contributed by atoms with Crippen LogP contribution in [0.4, 0.5) is 0 Å². The molecular formula is C30H52O26. The number of ether oxygens (including phenoxy) is 9. The fourth-order valence-electron chi connectivity index (χ4n) is 7.03. The van der Waals surface area contributed by atoms with Crippen molar-refractivity contribution in [2.75, 3.05) is 33.0 Å².